The van der Waals surface area contributed by atoms with E-state index in [1.807, 2.05) is 34.6 Å². The molecule has 1 amide bonds. The Morgan fingerprint density at radius 2 is 1.82 bits per heavy atom. The number of aromatic amines is 1. The number of hydrogen-bond donors (Lipinski definition) is 2. The lowest BCUT2D eigenvalue weighted by Crippen LogP contribution is -2.44. The highest BCUT2D eigenvalue weighted by molar-refractivity contribution is 5.86. The first-order valence-electron chi connectivity index (χ1n) is 12.2. The van der Waals surface area contributed by atoms with E-state index in [-0.39, 0.29) is 24.5 Å². The number of fused-ring (bicyclic) bond motifs is 1. The molecule has 10 heteroatoms. The van der Waals surface area contributed by atoms with Gasteiger partial charge >= 0.3 is 11.7 Å². The largest absolute Gasteiger partial charge is 0.457 e. The molecular weight excluding hydrogens is 438 g/mol. The zero-order valence-electron chi connectivity index (χ0n) is 21.0. The van der Waals surface area contributed by atoms with Crippen molar-refractivity contribution in [3.8, 4) is 0 Å². The van der Waals surface area contributed by atoms with Crippen LogP contribution in [0.3, 0.4) is 0 Å². The maximum absolute atomic E-state index is 13.2. The number of amides is 1. The van der Waals surface area contributed by atoms with Gasteiger partial charge in [0.05, 0.1) is 5.41 Å². The van der Waals surface area contributed by atoms with E-state index in [2.05, 4.69) is 15.3 Å². The molecule has 0 aliphatic heterocycles. The number of carbonyl (C=O) groups excluding carboxylic acids is 2. The van der Waals surface area contributed by atoms with Crippen molar-refractivity contribution >= 4 is 23.0 Å². The molecule has 188 valence electrons. The second-order valence-electron chi connectivity index (χ2n) is 10.2. The van der Waals surface area contributed by atoms with E-state index in [0.717, 1.165) is 25.7 Å². The molecule has 0 radical (unpaired) electrons. The van der Waals surface area contributed by atoms with Crippen LogP contribution in [-0.2, 0) is 34.0 Å². The highest BCUT2D eigenvalue weighted by Gasteiger charge is 2.44. The molecule has 0 aromatic carbocycles. The third-order valence-corrected chi connectivity index (χ3v) is 6.36. The fourth-order valence-electron chi connectivity index (χ4n) is 4.75. The van der Waals surface area contributed by atoms with Crippen LogP contribution in [0.15, 0.2) is 9.59 Å². The van der Waals surface area contributed by atoms with Crippen LogP contribution in [0.1, 0.15) is 85.4 Å². The predicted octanol–water partition coefficient (Wildman–Crippen LogP) is 2.61. The van der Waals surface area contributed by atoms with E-state index < -0.39 is 22.6 Å². The van der Waals surface area contributed by atoms with Crippen molar-refractivity contribution in [2.75, 3.05) is 0 Å². The summed E-state index contributed by atoms with van der Waals surface area (Å²) < 4.78 is 8.85. The monoisotopic (exact) mass is 475 g/mol. The fraction of sp³-hybridized carbons (Fsp3) is 0.708. The second kappa shape index (κ2) is 10.1. The van der Waals surface area contributed by atoms with Gasteiger partial charge in [0.15, 0.2) is 11.2 Å². The molecule has 1 fully saturated rings. The Hall–Kier alpha value is -2.91. The van der Waals surface area contributed by atoms with Crippen molar-refractivity contribution in [3.63, 3.8) is 0 Å². The van der Waals surface area contributed by atoms with Crippen LogP contribution in [0.25, 0.3) is 11.2 Å². The lowest BCUT2D eigenvalue weighted by atomic mass is 9.82. The molecule has 0 unspecified atom stereocenters. The number of nitrogens with zero attached hydrogens (tertiary/aromatic N) is 3. The number of rotatable bonds is 9. The van der Waals surface area contributed by atoms with Gasteiger partial charge in [-0.15, -0.1) is 0 Å². The fourth-order valence-corrected chi connectivity index (χ4v) is 4.75. The molecule has 2 aromatic heterocycles. The number of hydrogen-bond acceptors (Lipinski definition) is 6. The third kappa shape index (κ3) is 5.42. The van der Waals surface area contributed by atoms with Gasteiger partial charge in [0.25, 0.3) is 5.56 Å². The molecule has 1 aliphatic rings. The van der Waals surface area contributed by atoms with Crippen LogP contribution in [0.4, 0.5) is 0 Å². The van der Waals surface area contributed by atoms with Crippen molar-refractivity contribution in [1.82, 2.24) is 24.4 Å². The van der Waals surface area contributed by atoms with Crippen LogP contribution >= 0.6 is 0 Å². The zero-order valence-corrected chi connectivity index (χ0v) is 21.0. The molecule has 2 aromatic rings. The summed E-state index contributed by atoms with van der Waals surface area (Å²) >= 11 is 0. The van der Waals surface area contributed by atoms with E-state index in [1.165, 1.54) is 4.57 Å². The summed E-state index contributed by atoms with van der Waals surface area (Å²) in [5.41, 5.74) is -1.64. The third-order valence-electron chi connectivity index (χ3n) is 6.36. The van der Waals surface area contributed by atoms with Crippen LogP contribution < -0.4 is 16.6 Å². The van der Waals surface area contributed by atoms with Crippen molar-refractivity contribution in [3.05, 3.63) is 26.7 Å². The van der Waals surface area contributed by atoms with E-state index >= 15 is 0 Å². The van der Waals surface area contributed by atoms with Crippen LogP contribution in [0.2, 0.25) is 0 Å². The number of carbonyl (C=O) groups is 2. The van der Waals surface area contributed by atoms with Gasteiger partial charge in [-0.1, -0.05) is 26.2 Å². The van der Waals surface area contributed by atoms with Gasteiger partial charge in [-0.25, -0.2) is 9.78 Å². The van der Waals surface area contributed by atoms with Gasteiger partial charge in [-0.2, -0.15) is 0 Å². The van der Waals surface area contributed by atoms with Crippen LogP contribution in [-0.4, -0.2) is 36.5 Å². The van der Waals surface area contributed by atoms with E-state index in [4.69, 9.17) is 4.74 Å². The lowest BCUT2D eigenvalue weighted by molar-refractivity contribution is -0.159. The Morgan fingerprint density at radius 1 is 1.15 bits per heavy atom. The first-order valence-corrected chi connectivity index (χ1v) is 12.2. The van der Waals surface area contributed by atoms with Crippen molar-refractivity contribution < 1.29 is 14.3 Å². The minimum Gasteiger partial charge on any atom is -0.457 e. The van der Waals surface area contributed by atoms with Crippen LogP contribution in [0.5, 0.6) is 0 Å². The predicted molar refractivity (Wildman–Crippen MR) is 128 cm³/mol. The quantitative estimate of drug-likeness (QED) is 0.537. The van der Waals surface area contributed by atoms with E-state index in [9.17, 15) is 19.2 Å². The summed E-state index contributed by atoms with van der Waals surface area (Å²) in [6.07, 6.45) is 4.67. The Balaban J connectivity index is 1.86. The summed E-state index contributed by atoms with van der Waals surface area (Å²) in [5, 5.41) is 2.94. The van der Waals surface area contributed by atoms with Gasteiger partial charge in [0.2, 0.25) is 5.91 Å². The molecule has 1 saturated carbocycles. The number of H-pyrrole nitrogens is 1. The summed E-state index contributed by atoms with van der Waals surface area (Å²) in [6, 6.07) is 0. The molecule has 0 saturated heterocycles. The molecule has 0 spiro atoms. The smallest absolute Gasteiger partial charge is 0.330 e. The highest BCUT2D eigenvalue weighted by Crippen LogP contribution is 2.42. The summed E-state index contributed by atoms with van der Waals surface area (Å²) in [5.74, 6) is -0.181. The minimum atomic E-state index is -0.848. The maximum atomic E-state index is 13.2. The molecule has 0 atom stereocenters. The summed E-state index contributed by atoms with van der Waals surface area (Å²) in [6.45, 7) is 10.3. The summed E-state index contributed by atoms with van der Waals surface area (Å²) in [7, 11) is 0. The maximum Gasteiger partial charge on any atom is 0.330 e. The average molecular weight is 476 g/mol. The van der Waals surface area contributed by atoms with E-state index in [0.29, 0.717) is 42.9 Å². The number of nitrogens with one attached hydrogen (secondary N) is 2. The SMILES string of the molecule is CCCCn1c(=O)[nH]c(=O)c2c1nc(COC(=O)C1(CC(=O)NC(C)(C)C)CCCC1)n2CC. The molecule has 1 aliphatic carbocycles. The van der Waals surface area contributed by atoms with Crippen molar-refractivity contribution in [2.45, 2.75) is 105 Å². The number of imidazole rings is 1. The second-order valence-corrected chi connectivity index (χ2v) is 10.2. The van der Waals surface area contributed by atoms with Gasteiger partial charge in [-0.05, 0) is 47.0 Å². The highest BCUT2D eigenvalue weighted by atomic mass is 16.5. The van der Waals surface area contributed by atoms with E-state index in [1.54, 1.807) is 4.57 Å². The first kappa shape index (κ1) is 25.7. The number of esters is 1. The normalized spacial score (nSPS) is 15.6. The molecule has 2 heterocycles. The zero-order chi connectivity index (χ0) is 25.1. The molecule has 0 bridgehead atoms. The van der Waals surface area contributed by atoms with Gasteiger partial charge in [-0.3, -0.25) is 23.9 Å². The Kier molecular flexibility index (Phi) is 7.67. The molecule has 10 nitrogen and oxygen atoms in total. The lowest BCUT2D eigenvalue weighted by Gasteiger charge is -2.28. The number of unbranched alkanes of at least 4 members (excludes halogenated alkanes) is 1. The molecule has 3 rings (SSSR count). The Bertz CT molecular complexity index is 1160. The number of aryl methyl sites for hydroxylation is 2. The molecular formula is C24H37N5O5. The number of aromatic nitrogens is 4. The number of ether oxygens (including phenoxy) is 1. The van der Waals surface area contributed by atoms with Gasteiger partial charge < -0.3 is 14.6 Å². The van der Waals surface area contributed by atoms with Gasteiger partial charge in [0.1, 0.15) is 12.4 Å². The minimum absolute atomic E-state index is 0.0868. The topological polar surface area (TPSA) is 128 Å². The average Bonchev–Trinajstić information content (AvgIpc) is 3.35. The first-order chi connectivity index (χ1) is 16.0. The van der Waals surface area contributed by atoms with Gasteiger partial charge in [0, 0.05) is 25.0 Å². The summed E-state index contributed by atoms with van der Waals surface area (Å²) in [4.78, 5) is 57.7. The van der Waals surface area contributed by atoms with Crippen molar-refractivity contribution in [2.24, 2.45) is 5.41 Å². The Labute approximate surface area is 199 Å². The molecule has 34 heavy (non-hydrogen) atoms. The standard InChI is InChI=1S/C24H37N5O5/c1-6-8-13-29-19-18(20(31)26-22(29)33)28(7-2)16(25-19)15-34-21(32)24(11-9-10-12-24)14-17(30)27-23(3,4)5/h6-15H2,1-5H3,(H,27,30)(H,26,31,33). The Morgan fingerprint density at radius 3 is 2.41 bits per heavy atom. The van der Waals surface area contributed by atoms with Crippen molar-refractivity contribution in [1.29, 1.82) is 0 Å². The van der Waals surface area contributed by atoms with Crippen LogP contribution in [0, 0.1) is 5.41 Å². The molecule has 2 N–H and O–H groups in total.